The van der Waals surface area contributed by atoms with Gasteiger partial charge >= 0.3 is 0 Å². The molecule has 0 aromatic carbocycles. The third kappa shape index (κ3) is 5.41. The number of ether oxygens (including phenoxy) is 2. The normalized spacial score (nSPS) is 29.5. The maximum atomic E-state index is 6.15. The van der Waals surface area contributed by atoms with Crippen LogP contribution in [0.15, 0.2) is 0 Å². The lowest BCUT2D eigenvalue weighted by molar-refractivity contribution is -0.0372. The Labute approximate surface area is 118 Å². The summed E-state index contributed by atoms with van der Waals surface area (Å²) in [4.78, 5) is 0. The molecule has 3 nitrogen and oxygen atoms in total. The van der Waals surface area contributed by atoms with Crippen LogP contribution in [0.1, 0.15) is 59.3 Å². The molecule has 1 saturated heterocycles. The molecule has 3 heteroatoms. The van der Waals surface area contributed by atoms with Crippen molar-refractivity contribution in [2.75, 3.05) is 19.7 Å². The summed E-state index contributed by atoms with van der Waals surface area (Å²) in [6, 6.07) is 0. The molecule has 1 heterocycles. The lowest BCUT2D eigenvalue weighted by Gasteiger charge is -2.35. The fourth-order valence-electron chi connectivity index (χ4n) is 3.14. The van der Waals surface area contributed by atoms with Gasteiger partial charge in [0, 0.05) is 19.7 Å². The SMILES string of the molecule is CC(CNCC1CCCO1)OC1CCC(C)(C)CC1. The molecule has 2 atom stereocenters. The fraction of sp³-hybridized carbons (Fsp3) is 1.00. The van der Waals surface area contributed by atoms with Crippen LogP contribution in [0, 0.1) is 5.41 Å². The first-order chi connectivity index (χ1) is 9.05. The van der Waals surface area contributed by atoms with E-state index in [2.05, 4.69) is 26.1 Å². The average Bonchev–Trinajstić information content (AvgIpc) is 2.85. The molecule has 0 radical (unpaired) electrons. The van der Waals surface area contributed by atoms with Gasteiger partial charge in [-0.3, -0.25) is 0 Å². The van der Waals surface area contributed by atoms with Crippen molar-refractivity contribution in [3.63, 3.8) is 0 Å². The summed E-state index contributed by atoms with van der Waals surface area (Å²) in [5.41, 5.74) is 0.529. The highest BCUT2D eigenvalue weighted by Gasteiger charge is 2.28. The zero-order chi connectivity index (χ0) is 13.7. The summed E-state index contributed by atoms with van der Waals surface area (Å²) < 4.78 is 11.8. The summed E-state index contributed by atoms with van der Waals surface area (Å²) in [7, 11) is 0. The van der Waals surface area contributed by atoms with E-state index >= 15 is 0 Å². The van der Waals surface area contributed by atoms with E-state index in [9.17, 15) is 0 Å². The molecule has 2 aliphatic rings. The van der Waals surface area contributed by atoms with Crippen molar-refractivity contribution in [2.45, 2.75) is 77.6 Å². The van der Waals surface area contributed by atoms with Crippen LogP contribution in [-0.4, -0.2) is 38.0 Å². The molecule has 1 N–H and O–H groups in total. The summed E-state index contributed by atoms with van der Waals surface area (Å²) in [5, 5.41) is 3.48. The Kier molecular flexibility index (Phi) is 5.67. The molecule has 2 fully saturated rings. The van der Waals surface area contributed by atoms with E-state index in [0.717, 1.165) is 19.7 Å². The first-order valence-corrected chi connectivity index (χ1v) is 8.03. The third-order valence-electron chi connectivity index (χ3n) is 4.54. The minimum atomic E-state index is 0.313. The van der Waals surface area contributed by atoms with Crippen LogP contribution >= 0.6 is 0 Å². The Bertz CT molecular complexity index is 251. The van der Waals surface area contributed by atoms with Crippen molar-refractivity contribution in [2.24, 2.45) is 5.41 Å². The summed E-state index contributed by atoms with van der Waals surface area (Å²) in [6.07, 6.45) is 8.70. The zero-order valence-corrected chi connectivity index (χ0v) is 12.9. The van der Waals surface area contributed by atoms with Crippen LogP contribution in [0.25, 0.3) is 0 Å². The predicted octanol–water partition coefficient (Wildman–Crippen LogP) is 3.13. The van der Waals surface area contributed by atoms with E-state index in [-0.39, 0.29) is 0 Å². The summed E-state index contributed by atoms with van der Waals surface area (Å²) in [6.45, 7) is 9.79. The van der Waals surface area contributed by atoms with Crippen molar-refractivity contribution >= 4 is 0 Å². The highest BCUT2D eigenvalue weighted by molar-refractivity contribution is 4.79. The van der Waals surface area contributed by atoms with Gasteiger partial charge in [0.05, 0.1) is 18.3 Å². The van der Waals surface area contributed by atoms with E-state index in [1.807, 2.05) is 0 Å². The van der Waals surface area contributed by atoms with Crippen LogP contribution in [0.4, 0.5) is 0 Å². The van der Waals surface area contributed by atoms with Gasteiger partial charge in [-0.2, -0.15) is 0 Å². The minimum absolute atomic E-state index is 0.313. The third-order valence-corrected chi connectivity index (χ3v) is 4.54. The Morgan fingerprint density at radius 3 is 2.63 bits per heavy atom. The molecule has 19 heavy (non-hydrogen) atoms. The topological polar surface area (TPSA) is 30.5 Å². The molecule has 0 aromatic rings. The highest BCUT2D eigenvalue weighted by atomic mass is 16.5. The zero-order valence-electron chi connectivity index (χ0n) is 12.9. The van der Waals surface area contributed by atoms with Gasteiger partial charge in [0.2, 0.25) is 0 Å². The maximum Gasteiger partial charge on any atom is 0.0700 e. The number of nitrogens with one attached hydrogen (secondary N) is 1. The maximum absolute atomic E-state index is 6.15. The Morgan fingerprint density at radius 2 is 2.00 bits per heavy atom. The molecular weight excluding hydrogens is 238 g/mol. The van der Waals surface area contributed by atoms with Gasteiger partial charge in [0.15, 0.2) is 0 Å². The van der Waals surface area contributed by atoms with Crippen molar-refractivity contribution < 1.29 is 9.47 Å². The molecule has 2 rings (SSSR count). The molecule has 0 spiro atoms. The van der Waals surface area contributed by atoms with E-state index in [1.165, 1.54) is 38.5 Å². The molecule has 0 bridgehead atoms. The second-order valence-electron chi connectivity index (χ2n) is 7.10. The first kappa shape index (κ1) is 15.3. The van der Waals surface area contributed by atoms with Gasteiger partial charge < -0.3 is 14.8 Å². The van der Waals surface area contributed by atoms with Crippen molar-refractivity contribution in [3.05, 3.63) is 0 Å². The van der Waals surface area contributed by atoms with Crippen molar-refractivity contribution in [1.29, 1.82) is 0 Å². The predicted molar refractivity (Wildman–Crippen MR) is 78.4 cm³/mol. The van der Waals surface area contributed by atoms with Gasteiger partial charge in [-0.05, 0) is 50.9 Å². The molecule has 1 aliphatic heterocycles. The second-order valence-corrected chi connectivity index (χ2v) is 7.10. The highest BCUT2D eigenvalue weighted by Crippen LogP contribution is 2.36. The standard InChI is InChI=1S/C16H31NO2/c1-13(11-17-12-15-5-4-10-18-15)19-14-6-8-16(2,3)9-7-14/h13-15,17H,4-12H2,1-3H3. The molecule has 1 saturated carbocycles. The number of rotatable bonds is 6. The molecular formula is C16H31NO2. The monoisotopic (exact) mass is 269 g/mol. The van der Waals surface area contributed by atoms with Gasteiger partial charge in [0.25, 0.3) is 0 Å². The second kappa shape index (κ2) is 7.05. The van der Waals surface area contributed by atoms with Crippen LogP contribution in [-0.2, 0) is 9.47 Å². The first-order valence-electron chi connectivity index (χ1n) is 8.03. The molecule has 0 aromatic heterocycles. The van der Waals surface area contributed by atoms with Crippen LogP contribution in [0.5, 0.6) is 0 Å². The van der Waals surface area contributed by atoms with Crippen molar-refractivity contribution in [1.82, 2.24) is 5.32 Å². The molecule has 1 aliphatic carbocycles. The lowest BCUT2D eigenvalue weighted by atomic mass is 9.76. The van der Waals surface area contributed by atoms with Crippen molar-refractivity contribution in [3.8, 4) is 0 Å². The van der Waals surface area contributed by atoms with E-state index in [1.54, 1.807) is 0 Å². The molecule has 2 unspecified atom stereocenters. The summed E-state index contributed by atoms with van der Waals surface area (Å²) in [5.74, 6) is 0. The average molecular weight is 269 g/mol. The quantitative estimate of drug-likeness (QED) is 0.803. The number of hydrogen-bond donors (Lipinski definition) is 1. The van der Waals surface area contributed by atoms with E-state index in [0.29, 0.717) is 23.7 Å². The van der Waals surface area contributed by atoms with E-state index in [4.69, 9.17) is 9.47 Å². The molecule has 0 amide bonds. The lowest BCUT2D eigenvalue weighted by Crippen LogP contribution is -2.36. The van der Waals surface area contributed by atoms with Crippen LogP contribution in [0.2, 0.25) is 0 Å². The largest absolute Gasteiger partial charge is 0.377 e. The van der Waals surface area contributed by atoms with Crippen LogP contribution < -0.4 is 5.32 Å². The van der Waals surface area contributed by atoms with Gasteiger partial charge in [-0.1, -0.05) is 13.8 Å². The Balaban J connectivity index is 1.55. The van der Waals surface area contributed by atoms with Gasteiger partial charge in [-0.15, -0.1) is 0 Å². The Hall–Kier alpha value is -0.120. The van der Waals surface area contributed by atoms with Gasteiger partial charge in [-0.25, -0.2) is 0 Å². The molecule has 112 valence electrons. The number of hydrogen-bond acceptors (Lipinski definition) is 3. The minimum Gasteiger partial charge on any atom is -0.377 e. The summed E-state index contributed by atoms with van der Waals surface area (Å²) >= 11 is 0. The van der Waals surface area contributed by atoms with Crippen LogP contribution in [0.3, 0.4) is 0 Å². The smallest absolute Gasteiger partial charge is 0.0700 e. The van der Waals surface area contributed by atoms with E-state index < -0.39 is 0 Å². The fourth-order valence-corrected chi connectivity index (χ4v) is 3.14. The van der Waals surface area contributed by atoms with Gasteiger partial charge in [0.1, 0.15) is 0 Å². The Morgan fingerprint density at radius 1 is 1.26 bits per heavy atom.